The minimum absolute atomic E-state index is 0.00162. The first kappa shape index (κ1) is 13.4. The molecule has 0 fully saturated rings. The van der Waals surface area contributed by atoms with Gasteiger partial charge in [-0.15, -0.1) is 0 Å². The van der Waals surface area contributed by atoms with Crippen LogP contribution in [0, 0.1) is 5.92 Å². The number of rotatable bonds is 8. The lowest BCUT2D eigenvalue weighted by atomic mass is 10.2. The molecule has 0 unspecified atom stereocenters. The summed E-state index contributed by atoms with van der Waals surface area (Å²) in [6, 6.07) is 0. The minimum Gasteiger partial charge on any atom is -0.371 e. The third kappa shape index (κ3) is 9.52. The highest BCUT2D eigenvalue weighted by Crippen LogP contribution is 1.93. The van der Waals surface area contributed by atoms with Crippen LogP contribution in [0.15, 0.2) is 0 Å². The Kier molecular flexibility index (Phi) is 8.64. The first-order chi connectivity index (χ1) is 6.66. The largest absolute Gasteiger partial charge is 0.371 e. The molecule has 1 amide bonds. The molecule has 0 aromatic carbocycles. The lowest BCUT2D eigenvalue weighted by Gasteiger charge is -2.07. The van der Waals surface area contributed by atoms with Gasteiger partial charge >= 0.3 is 0 Å². The van der Waals surface area contributed by atoms with Crippen LogP contribution in [0.4, 0.5) is 0 Å². The molecule has 0 aromatic heterocycles. The van der Waals surface area contributed by atoms with E-state index in [9.17, 15) is 4.79 Å². The predicted molar refractivity (Wildman–Crippen MR) is 58.2 cm³/mol. The van der Waals surface area contributed by atoms with Crippen molar-refractivity contribution in [3.8, 4) is 0 Å². The van der Waals surface area contributed by atoms with Crippen LogP contribution in [0.5, 0.6) is 0 Å². The van der Waals surface area contributed by atoms with Crippen LogP contribution < -0.4 is 5.32 Å². The Labute approximate surface area is 87.2 Å². The maximum absolute atomic E-state index is 11.2. The molecule has 0 saturated carbocycles. The van der Waals surface area contributed by atoms with Crippen molar-refractivity contribution < 1.29 is 9.53 Å². The number of amides is 1. The fourth-order valence-corrected chi connectivity index (χ4v) is 1.04. The van der Waals surface area contributed by atoms with Crippen LogP contribution in [0.25, 0.3) is 0 Å². The molecule has 0 spiro atoms. The van der Waals surface area contributed by atoms with Crippen LogP contribution in [-0.4, -0.2) is 25.7 Å². The van der Waals surface area contributed by atoms with Crippen molar-refractivity contribution in [1.29, 1.82) is 0 Å². The zero-order valence-electron chi connectivity index (χ0n) is 9.64. The van der Waals surface area contributed by atoms with Gasteiger partial charge in [0.05, 0.1) is 0 Å². The lowest BCUT2D eigenvalue weighted by Crippen LogP contribution is -2.29. The Morgan fingerprint density at radius 1 is 1.36 bits per heavy atom. The van der Waals surface area contributed by atoms with Crippen LogP contribution >= 0.6 is 0 Å². The highest BCUT2D eigenvalue weighted by Gasteiger charge is 2.00. The summed E-state index contributed by atoms with van der Waals surface area (Å²) in [7, 11) is 0. The van der Waals surface area contributed by atoms with Crippen molar-refractivity contribution in [2.75, 3.05) is 19.8 Å². The fraction of sp³-hybridized carbons (Fsp3) is 0.909. The molecule has 0 atom stereocenters. The number of unbranched alkanes of at least 4 members (excludes halogenated alkanes) is 2. The normalized spacial score (nSPS) is 10.6. The molecule has 0 radical (unpaired) electrons. The Hall–Kier alpha value is -0.570. The first-order valence-electron chi connectivity index (χ1n) is 5.51. The average molecular weight is 201 g/mol. The standard InChI is InChI=1S/C11H23NO2/c1-4-5-6-7-12-11(13)9-14-8-10(2)3/h10H,4-9H2,1-3H3,(H,12,13). The van der Waals surface area contributed by atoms with Gasteiger partial charge in [0.2, 0.25) is 5.91 Å². The topological polar surface area (TPSA) is 38.3 Å². The molecule has 0 heterocycles. The molecule has 0 aliphatic rings. The van der Waals surface area contributed by atoms with Crippen molar-refractivity contribution in [2.45, 2.75) is 40.0 Å². The second-order valence-corrected chi connectivity index (χ2v) is 3.97. The molecule has 3 heteroatoms. The number of hydrogen-bond donors (Lipinski definition) is 1. The summed E-state index contributed by atoms with van der Waals surface area (Å²) in [6.07, 6.45) is 3.42. The quantitative estimate of drug-likeness (QED) is 0.610. The zero-order chi connectivity index (χ0) is 10.8. The SMILES string of the molecule is CCCCCNC(=O)COCC(C)C. The summed E-state index contributed by atoms with van der Waals surface area (Å²) in [5.74, 6) is 0.490. The Morgan fingerprint density at radius 2 is 2.07 bits per heavy atom. The molecule has 0 saturated heterocycles. The predicted octanol–water partition coefficient (Wildman–Crippen LogP) is 1.97. The number of nitrogens with one attached hydrogen (secondary N) is 1. The van der Waals surface area contributed by atoms with Gasteiger partial charge in [-0.2, -0.15) is 0 Å². The molecular formula is C11H23NO2. The third-order valence-corrected chi connectivity index (χ3v) is 1.79. The van der Waals surface area contributed by atoms with E-state index in [0.29, 0.717) is 12.5 Å². The second-order valence-electron chi connectivity index (χ2n) is 3.97. The Bertz CT molecular complexity index is 146. The van der Waals surface area contributed by atoms with E-state index in [4.69, 9.17) is 4.74 Å². The van der Waals surface area contributed by atoms with Crippen LogP contribution in [-0.2, 0) is 9.53 Å². The van der Waals surface area contributed by atoms with Crippen LogP contribution in [0.2, 0.25) is 0 Å². The van der Waals surface area contributed by atoms with Gasteiger partial charge in [-0.1, -0.05) is 33.6 Å². The highest BCUT2D eigenvalue weighted by molar-refractivity contribution is 5.77. The first-order valence-corrected chi connectivity index (χ1v) is 5.51. The smallest absolute Gasteiger partial charge is 0.245 e. The Balaban J connectivity index is 3.20. The minimum atomic E-state index is 0.00162. The van der Waals surface area contributed by atoms with Gasteiger partial charge in [-0.05, 0) is 12.3 Å². The summed E-state index contributed by atoms with van der Waals surface area (Å²) in [5.41, 5.74) is 0. The van der Waals surface area contributed by atoms with E-state index in [1.165, 1.54) is 12.8 Å². The lowest BCUT2D eigenvalue weighted by molar-refractivity contribution is -0.126. The van der Waals surface area contributed by atoms with E-state index in [1.807, 2.05) is 0 Å². The van der Waals surface area contributed by atoms with E-state index in [2.05, 4.69) is 26.1 Å². The number of ether oxygens (including phenoxy) is 1. The summed E-state index contributed by atoms with van der Waals surface area (Å²) in [4.78, 5) is 11.2. The van der Waals surface area contributed by atoms with Crippen molar-refractivity contribution in [1.82, 2.24) is 5.32 Å². The molecule has 14 heavy (non-hydrogen) atoms. The molecule has 0 aliphatic carbocycles. The van der Waals surface area contributed by atoms with Crippen molar-refractivity contribution in [3.05, 3.63) is 0 Å². The summed E-state index contributed by atoms with van der Waals surface area (Å²) in [5, 5.41) is 2.83. The maximum atomic E-state index is 11.2. The van der Waals surface area contributed by atoms with Gasteiger partial charge in [0, 0.05) is 13.2 Å². The van der Waals surface area contributed by atoms with Gasteiger partial charge in [-0.3, -0.25) is 4.79 Å². The van der Waals surface area contributed by atoms with E-state index in [-0.39, 0.29) is 12.5 Å². The number of hydrogen-bond acceptors (Lipinski definition) is 2. The van der Waals surface area contributed by atoms with Gasteiger partial charge in [0.25, 0.3) is 0 Å². The molecular weight excluding hydrogens is 178 g/mol. The molecule has 0 bridgehead atoms. The molecule has 84 valence electrons. The van der Waals surface area contributed by atoms with Crippen molar-refractivity contribution in [2.24, 2.45) is 5.92 Å². The molecule has 0 aliphatic heterocycles. The van der Waals surface area contributed by atoms with E-state index < -0.39 is 0 Å². The van der Waals surface area contributed by atoms with E-state index in [1.54, 1.807) is 0 Å². The number of carbonyl (C=O) groups is 1. The molecule has 0 aromatic rings. The summed E-state index contributed by atoms with van der Waals surface area (Å²) in [6.45, 7) is 7.91. The second kappa shape index (κ2) is 9.00. The fourth-order valence-electron chi connectivity index (χ4n) is 1.04. The van der Waals surface area contributed by atoms with E-state index in [0.717, 1.165) is 13.0 Å². The molecule has 3 nitrogen and oxygen atoms in total. The van der Waals surface area contributed by atoms with Gasteiger partial charge in [0.15, 0.2) is 0 Å². The van der Waals surface area contributed by atoms with E-state index >= 15 is 0 Å². The van der Waals surface area contributed by atoms with Gasteiger partial charge < -0.3 is 10.1 Å². The summed E-state index contributed by atoms with van der Waals surface area (Å²) < 4.78 is 5.20. The third-order valence-electron chi connectivity index (χ3n) is 1.79. The van der Waals surface area contributed by atoms with Crippen molar-refractivity contribution in [3.63, 3.8) is 0 Å². The van der Waals surface area contributed by atoms with Gasteiger partial charge in [0.1, 0.15) is 6.61 Å². The Morgan fingerprint density at radius 3 is 2.64 bits per heavy atom. The van der Waals surface area contributed by atoms with Crippen LogP contribution in [0.1, 0.15) is 40.0 Å². The monoisotopic (exact) mass is 201 g/mol. The van der Waals surface area contributed by atoms with Crippen LogP contribution in [0.3, 0.4) is 0 Å². The van der Waals surface area contributed by atoms with Crippen molar-refractivity contribution >= 4 is 5.91 Å². The average Bonchev–Trinajstić information content (AvgIpc) is 2.12. The maximum Gasteiger partial charge on any atom is 0.245 e. The summed E-state index contributed by atoms with van der Waals surface area (Å²) >= 11 is 0. The molecule has 0 rings (SSSR count). The zero-order valence-corrected chi connectivity index (χ0v) is 9.64. The van der Waals surface area contributed by atoms with Gasteiger partial charge in [-0.25, -0.2) is 0 Å². The highest BCUT2D eigenvalue weighted by atomic mass is 16.5. The number of carbonyl (C=O) groups excluding carboxylic acids is 1. The molecule has 1 N–H and O–H groups in total.